The van der Waals surface area contributed by atoms with Gasteiger partial charge in [-0.25, -0.2) is 13.7 Å². The minimum Gasteiger partial charge on any atom is -0.439 e. The predicted octanol–water partition coefficient (Wildman–Crippen LogP) is 15.9. The van der Waals surface area contributed by atoms with Crippen LogP contribution in [0.4, 0.5) is 0 Å². The van der Waals surface area contributed by atoms with Crippen LogP contribution in [-0.4, -0.2) is 63.1 Å². The van der Waals surface area contributed by atoms with Crippen LogP contribution in [0.15, 0.2) is 251 Å². The molecule has 0 aliphatic rings. The molecule has 85 heavy (non-hydrogen) atoms. The number of hydrogen-bond donors (Lipinski definition) is 0. The Bertz CT molecular complexity index is 5670. The Labute approximate surface area is 478 Å². The first-order valence-electron chi connectivity index (χ1n) is 27.6. The topological polar surface area (TPSA) is 175 Å². The van der Waals surface area contributed by atoms with Crippen LogP contribution in [0.2, 0.25) is 0 Å². The van der Waals surface area contributed by atoms with E-state index >= 15 is 0 Å². The molecule has 0 unspecified atom stereocenters. The lowest BCUT2D eigenvalue weighted by Crippen LogP contribution is -2.10. The van der Waals surface area contributed by atoms with Gasteiger partial charge in [-0.15, -0.1) is 0 Å². The number of hydrogen-bond acceptors (Lipinski definition) is 12. The largest absolute Gasteiger partial charge is 0.439 e. The molecule has 0 aliphatic carbocycles. The van der Waals surface area contributed by atoms with Crippen molar-refractivity contribution in [2.45, 2.75) is 0 Å². The fourth-order valence-electron chi connectivity index (χ4n) is 12.3. The summed E-state index contributed by atoms with van der Waals surface area (Å²) in [6, 6.07) is 66.7. The summed E-state index contributed by atoms with van der Waals surface area (Å²) in [4.78, 5) is 43.7. The molecule has 0 spiro atoms. The first-order valence-corrected chi connectivity index (χ1v) is 27.6. The number of nitrogens with zero attached hydrogens (tertiary/aromatic N) is 13. The summed E-state index contributed by atoms with van der Waals surface area (Å²) in [7, 11) is 0. The van der Waals surface area contributed by atoms with E-state index in [4.69, 9.17) is 43.2 Å². The Morgan fingerprint density at radius 1 is 0.247 bits per heavy atom. The fraction of sp³-hybridized carbons (Fsp3) is 0. The zero-order chi connectivity index (χ0) is 55.7. The monoisotopic (exact) mass is 1100 g/mol. The summed E-state index contributed by atoms with van der Waals surface area (Å²) in [6.07, 6.45) is 10.9. The van der Waals surface area contributed by atoms with E-state index in [1.54, 1.807) is 18.6 Å². The summed E-state index contributed by atoms with van der Waals surface area (Å²) in [5.41, 5.74) is 10.7. The molecular formula is C69H39N13O3. The highest BCUT2D eigenvalue weighted by Gasteiger charge is 2.27. The van der Waals surface area contributed by atoms with Gasteiger partial charge in [-0.3, -0.25) is 19.5 Å². The first kappa shape index (κ1) is 46.6. The maximum atomic E-state index is 6.48. The summed E-state index contributed by atoms with van der Waals surface area (Å²) in [5, 5.41) is 11.4. The van der Waals surface area contributed by atoms with Crippen LogP contribution in [-0.2, 0) is 0 Å². The van der Waals surface area contributed by atoms with Crippen molar-refractivity contribution in [1.82, 2.24) is 63.1 Å². The highest BCUT2D eigenvalue weighted by molar-refractivity contribution is 6.22. The molecular weight excluding hydrogens is 1060 g/mol. The summed E-state index contributed by atoms with van der Waals surface area (Å²) >= 11 is 0. The van der Waals surface area contributed by atoms with Crippen molar-refractivity contribution >= 4 is 121 Å². The van der Waals surface area contributed by atoms with Crippen LogP contribution in [0.3, 0.4) is 0 Å². The molecule has 16 heteroatoms. The van der Waals surface area contributed by atoms with Crippen LogP contribution in [0.1, 0.15) is 0 Å². The maximum Gasteiger partial charge on any atom is 0.242 e. The smallest absolute Gasteiger partial charge is 0.242 e. The molecule has 19 aromatic rings. The van der Waals surface area contributed by atoms with E-state index in [1.807, 2.05) is 178 Å². The molecule has 0 aliphatic heterocycles. The maximum absolute atomic E-state index is 6.48. The first-order chi connectivity index (χ1) is 42.2. The van der Waals surface area contributed by atoms with Crippen LogP contribution in [0.25, 0.3) is 167 Å². The van der Waals surface area contributed by atoms with Gasteiger partial charge in [0.05, 0.1) is 62.3 Å². The normalized spacial score (nSPS) is 12.0. The van der Waals surface area contributed by atoms with Gasteiger partial charge in [0.15, 0.2) is 11.6 Å². The van der Waals surface area contributed by atoms with Gasteiger partial charge in [0.2, 0.25) is 40.9 Å². The van der Waals surface area contributed by atoms with Crippen LogP contribution >= 0.6 is 0 Å². The molecule has 0 fully saturated rings. The summed E-state index contributed by atoms with van der Waals surface area (Å²) < 4.78 is 27.4. The van der Waals surface area contributed by atoms with Gasteiger partial charge >= 0.3 is 0 Å². The van der Waals surface area contributed by atoms with Crippen LogP contribution in [0.5, 0.6) is 0 Å². The van der Waals surface area contributed by atoms with Crippen LogP contribution < -0.4 is 0 Å². The second-order valence-electron chi connectivity index (χ2n) is 20.6. The minimum atomic E-state index is 0.399. The van der Waals surface area contributed by atoms with Gasteiger partial charge in [-0.05, 0) is 48.5 Å². The standard InChI is InChI=1S/C35H19N7O2.C34H20N6O/c1-2-8-20(9-3-1)31-38-34(41-25-18-36-16-14-21(25)29-23-10-4-6-12-27(23)43-32(29)41)40-35(39-31)42-26-19-37-17-15-22(26)30-24-11-5-7-13-28(24)44-33(30)42;1-2-10-21(11-3-1)31-36-33(39-26-15-7-4-12-22(26)23-13-5-8-16-27(23)39)38-34(37-31)40-28-20-35-19-18-24(28)30-25-14-6-9-17-29(25)41-32(30)40/h1-19H;1-20H. The van der Waals surface area contributed by atoms with Gasteiger partial charge in [-0.1, -0.05) is 152 Å². The highest BCUT2D eigenvalue weighted by Crippen LogP contribution is 2.42. The van der Waals surface area contributed by atoms with E-state index in [-0.39, 0.29) is 0 Å². The Morgan fingerprint density at radius 2 is 0.553 bits per heavy atom. The Morgan fingerprint density at radius 3 is 0.918 bits per heavy atom. The molecule has 0 saturated heterocycles. The van der Waals surface area contributed by atoms with E-state index < -0.39 is 0 Å². The minimum absolute atomic E-state index is 0.399. The number of para-hydroxylation sites is 5. The van der Waals surface area contributed by atoms with E-state index in [2.05, 4.69) is 74.1 Å². The molecule has 19 rings (SSSR count). The number of fused-ring (bicyclic) bond motifs is 18. The highest BCUT2D eigenvalue weighted by atomic mass is 16.4. The van der Waals surface area contributed by atoms with Crippen LogP contribution in [0, 0.1) is 0 Å². The van der Waals surface area contributed by atoms with Gasteiger partial charge in [-0.2, -0.15) is 29.9 Å². The van der Waals surface area contributed by atoms with E-state index in [0.717, 1.165) is 115 Å². The van der Waals surface area contributed by atoms with Crippen molar-refractivity contribution in [3.63, 3.8) is 0 Å². The van der Waals surface area contributed by atoms with Crippen molar-refractivity contribution in [3.8, 4) is 46.6 Å². The quantitative estimate of drug-likeness (QED) is 0.154. The third kappa shape index (κ3) is 6.99. The van der Waals surface area contributed by atoms with Crippen molar-refractivity contribution in [2.24, 2.45) is 0 Å². The summed E-state index contributed by atoms with van der Waals surface area (Å²) in [5.74, 6) is 2.87. The van der Waals surface area contributed by atoms with Crippen molar-refractivity contribution in [1.29, 1.82) is 0 Å². The fourth-order valence-corrected chi connectivity index (χ4v) is 12.3. The second-order valence-corrected chi connectivity index (χ2v) is 20.6. The number of aromatic nitrogens is 13. The lowest BCUT2D eigenvalue weighted by Gasteiger charge is -2.11. The molecule has 0 amide bonds. The Balaban J connectivity index is 0.000000129. The lowest BCUT2D eigenvalue weighted by molar-refractivity contribution is 0.636. The second kappa shape index (κ2) is 18.2. The zero-order valence-corrected chi connectivity index (χ0v) is 44.6. The number of pyridine rings is 3. The zero-order valence-electron chi connectivity index (χ0n) is 44.6. The molecule has 16 nitrogen and oxygen atoms in total. The van der Waals surface area contributed by atoms with Gasteiger partial charge in [0.1, 0.15) is 16.7 Å². The molecule has 0 radical (unpaired) electrons. The van der Waals surface area contributed by atoms with Crippen molar-refractivity contribution < 1.29 is 13.3 Å². The van der Waals surface area contributed by atoms with Gasteiger partial charge in [0.25, 0.3) is 0 Å². The number of rotatable bonds is 6. The number of benzene rings is 7. The molecule has 0 bridgehead atoms. The molecule has 12 aromatic heterocycles. The Hall–Kier alpha value is -12.2. The molecule has 7 aromatic carbocycles. The van der Waals surface area contributed by atoms with Crippen molar-refractivity contribution in [2.75, 3.05) is 0 Å². The van der Waals surface area contributed by atoms with E-state index in [9.17, 15) is 0 Å². The molecule has 0 saturated carbocycles. The van der Waals surface area contributed by atoms with E-state index in [0.29, 0.717) is 52.6 Å². The summed E-state index contributed by atoms with van der Waals surface area (Å²) in [6.45, 7) is 0. The van der Waals surface area contributed by atoms with Gasteiger partial charge in [0, 0.05) is 72.8 Å². The molecule has 0 N–H and O–H groups in total. The predicted molar refractivity (Wildman–Crippen MR) is 331 cm³/mol. The molecule has 12 heterocycles. The van der Waals surface area contributed by atoms with Crippen molar-refractivity contribution in [3.05, 3.63) is 237 Å². The SMILES string of the molecule is c1ccc(-c2nc(-n3c4ccccc4c4ccccc43)nc(-n3c4cnccc4c4c5ccccc5oc43)n2)cc1.c1ccc(-c2nc(-n3c4cnccc4c4c5ccccc5oc43)nc(-n3c4cnccc4c4c5ccccc5oc43)n2)cc1. The third-order valence-electron chi connectivity index (χ3n) is 15.9. The van der Waals surface area contributed by atoms with E-state index in [1.165, 1.54) is 0 Å². The average Bonchev–Trinajstić information content (AvgIpc) is 1.77. The van der Waals surface area contributed by atoms with Gasteiger partial charge < -0.3 is 13.3 Å². The molecule has 398 valence electrons. The Kier molecular flexibility index (Phi) is 9.95. The third-order valence-corrected chi connectivity index (χ3v) is 15.9. The average molecular weight is 1100 g/mol. The lowest BCUT2D eigenvalue weighted by atomic mass is 10.1. The number of furan rings is 3. The molecule has 0 atom stereocenters.